The van der Waals surface area contributed by atoms with Crippen LogP contribution in [0, 0.1) is 6.92 Å². The lowest BCUT2D eigenvalue weighted by atomic mass is 10.2. The number of ether oxygens (including phenoxy) is 1. The first-order valence-electron chi connectivity index (χ1n) is 8.84. The highest BCUT2D eigenvalue weighted by atomic mass is 32.2. The molecule has 0 radical (unpaired) electrons. The molecule has 7 nitrogen and oxygen atoms in total. The van der Waals surface area contributed by atoms with Crippen molar-refractivity contribution in [1.82, 2.24) is 9.29 Å². The number of anilines is 1. The van der Waals surface area contributed by atoms with Crippen LogP contribution in [0.3, 0.4) is 0 Å². The molecule has 1 aliphatic rings. The Bertz CT molecular complexity index is 920. The van der Waals surface area contributed by atoms with Crippen molar-refractivity contribution in [3.63, 3.8) is 0 Å². The summed E-state index contributed by atoms with van der Waals surface area (Å²) in [4.78, 5) is 16.7. The smallest absolute Gasteiger partial charge is 0.257 e. The van der Waals surface area contributed by atoms with Gasteiger partial charge in [0, 0.05) is 25.0 Å². The molecule has 1 saturated heterocycles. The minimum absolute atomic E-state index is 0.141. The average molecular weight is 389 g/mol. The molecular formula is C19H23N3O4S. The number of rotatable bonds is 5. The van der Waals surface area contributed by atoms with Crippen molar-refractivity contribution in [3.8, 4) is 5.75 Å². The summed E-state index contributed by atoms with van der Waals surface area (Å²) in [6.07, 6.45) is 4.24. The van der Waals surface area contributed by atoms with Crippen molar-refractivity contribution >= 4 is 21.6 Å². The average Bonchev–Trinajstić information content (AvgIpc) is 2.69. The number of methoxy groups -OCH3 is 1. The Kier molecular flexibility index (Phi) is 5.76. The van der Waals surface area contributed by atoms with E-state index in [2.05, 4.69) is 10.3 Å². The lowest BCUT2D eigenvalue weighted by Gasteiger charge is -2.26. The number of aromatic nitrogens is 1. The summed E-state index contributed by atoms with van der Waals surface area (Å²) in [5.74, 6) is 0.00864. The van der Waals surface area contributed by atoms with E-state index in [1.807, 2.05) is 6.92 Å². The van der Waals surface area contributed by atoms with Gasteiger partial charge >= 0.3 is 0 Å². The van der Waals surface area contributed by atoms with Gasteiger partial charge in [-0.3, -0.25) is 9.78 Å². The predicted molar refractivity (Wildman–Crippen MR) is 103 cm³/mol. The van der Waals surface area contributed by atoms with E-state index >= 15 is 0 Å². The minimum atomic E-state index is -3.60. The number of benzene rings is 1. The number of carbonyl (C=O) groups excluding carboxylic acids is 1. The number of aryl methyl sites for hydroxylation is 1. The molecular weight excluding hydrogens is 366 g/mol. The second-order valence-electron chi connectivity index (χ2n) is 6.47. The van der Waals surface area contributed by atoms with Crippen LogP contribution in [0.25, 0.3) is 0 Å². The zero-order valence-corrected chi connectivity index (χ0v) is 16.3. The molecule has 1 amide bonds. The Labute approximate surface area is 159 Å². The first kappa shape index (κ1) is 19.3. The number of carbonyl (C=O) groups is 1. The van der Waals surface area contributed by atoms with Crippen LogP contribution in [0.4, 0.5) is 5.69 Å². The molecule has 3 rings (SSSR count). The van der Waals surface area contributed by atoms with Gasteiger partial charge in [-0.25, -0.2) is 8.42 Å². The molecule has 2 heterocycles. The third-order valence-electron chi connectivity index (χ3n) is 4.55. The third kappa shape index (κ3) is 4.28. The van der Waals surface area contributed by atoms with Gasteiger partial charge in [-0.2, -0.15) is 4.31 Å². The molecule has 0 saturated carbocycles. The fourth-order valence-corrected chi connectivity index (χ4v) is 4.54. The van der Waals surface area contributed by atoms with Crippen molar-refractivity contribution in [2.45, 2.75) is 31.1 Å². The maximum atomic E-state index is 12.9. The summed E-state index contributed by atoms with van der Waals surface area (Å²) in [7, 11) is -2.13. The molecule has 8 heteroatoms. The van der Waals surface area contributed by atoms with Gasteiger partial charge in [0.05, 0.1) is 23.3 Å². The third-order valence-corrected chi connectivity index (χ3v) is 6.44. The first-order valence-corrected chi connectivity index (χ1v) is 10.3. The Morgan fingerprint density at radius 1 is 1.15 bits per heavy atom. The number of pyridine rings is 1. The summed E-state index contributed by atoms with van der Waals surface area (Å²) >= 11 is 0. The summed E-state index contributed by atoms with van der Waals surface area (Å²) in [5.41, 5.74) is 1.49. The lowest BCUT2D eigenvalue weighted by Crippen LogP contribution is -2.35. The van der Waals surface area contributed by atoms with Gasteiger partial charge in [0.1, 0.15) is 5.75 Å². The summed E-state index contributed by atoms with van der Waals surface area (Å²) in [6.45, 7) is 2.87. The summed E-state index contributed by atoms with van der Waals surface area (Å²) < 4.78 is 32.6. The van der Waals surface area contributed by atoms with E-state index in [-0.39, 0.29) is 10.8 Å². The van der Waals surface area contributed by atoms with Gasteiger partial charge in [-0.05, 0) is 50.1 Å². The van der Waals surface area contributed by atoms with Crippen molar-refractivity contribution < 1.29 is 17.9 Å². The number of nitrogens with one attached hydrogen (secondary N) is 1. The number of piperidine rings is 1. The fourth-order valence-electron chi connectivity index (χ4n) is 3.00. The van der Waals surface area contributed by atoms with Crippen LogP contribution in [0.15, 0.2) is 41.4 Å². The zero-order chi connectivity index (χ0) is 19.4. The van der Waals surface area contributed by atoms with Crippen LogP contribution in [-0.4, -0.2) is 43.8 Å². The Balaban J connectivity index is 1.89. The molecule has 144 valence electrons. The molecule has 1 aromatic carbocycles. The maximum Gasteiger partial charge on any atom is 0.257 e. The van der Waals surface area contributed by atoms with E-state index in [1.54, 1.807) is 18.2 Å². The molecule has 1 fully saturated rings. The van der Waals surface area contributed by atoms with Crippen LogP contribution in [-0.2, 0) is 10.0 Å². The van der Waals surface area contributed by atoms with E-state index in [0.717, 1.165) is 25.0 Å². The van der Waals surface area contributed by atoms with Gasteiger partial charge < -0.3 is 10.1 Å². The topological polar surface area (TPSA) is 88.6 Å². The molecule has 0 bridgehead atoms. The van der Waals surface area contributed by atoms with Gasteiger partial charge in [-0.1, -0.05) is 6.42 Å². The molecule has 1 N–H and O–H groups in total. The van der Waals surface area contributed by atoms with Gasteiger partial charge in [0.2, 0.25) is 10.0 Å². The summed E-state index contributed by atoms with van der Waals surface area (Å²) in [6, 6.07) is 7.91. The second kappa shape index (κ2) is 8.06. The largest absolute Gasteiger partial charge is 0.495 e. The van der Waals surface area contributed by atoms with E-state index in [1.165, 1.54) is 29.7 Å². The van der Waals surface area contributed by atoms with E-state index in [4.69, 9.17) is 4.74 Å². The molecule has 1 aromatic heterocycles. The van der Waals surface area contributed by atoms with Gasteiger partial charge in [-0.15, -0.1) is 0 Å². The van der Waals surface area contributed by atoms with Crippen LogP contribution < -0.4 is 10.1 Å². The normalized spacial score (nSPS) is 15.3. The lowest BCUT2D eigenvalue weighted by molar-refractivity contribution is 0.102. The van der Waals surface area contributed by atoms with E-state index < -0.39 is 10.0 Å². The van der Waals surface area contributed by atoms with Crippen LogP contribution in [0.5, 0.6) is 5.75 Å². The zero-order valence-electron chi connectivity index (χ0n) is 15.4. The second-order valence-corrected chi connectivity index (χ2v) is 8.41. The molecule has 1 aliphatic heterocycles. The maximum absolute atomic E-state index is 12.9. The molecule has 0 unspecified atom stereocenters. The minimum Gasteiger partial charge on any atom is -0.495 e. The van der Waals surface area contributed by atoms with Gasteiger partial charge in [0.25, 0.3) is 5.91 Å². The highest BCUT2D eigenvalue weighted by molar-refractivity contribution is 7.89. The number of sulfonamides is 1. The van der Waals surface area contributed by atoms with E-state index in [0.29, 0.717) is 30.1 Å². The summed E-state index contributed by atoms with van der Waals surface area (Å²) in [5, 5.41) is 2.73. The number of hydrogen-bond donors (Lipinski definition) is 1. The molecule has 0 aliphatic carbocycles. The SMILES string of the molecule is COc1ccc(S(=O)(=O)N2CCCCC2)cc1NC(=O)c1ccc(C)nc1. The number of amides is 1. The first-order chi connectivity index (χ1) is 12.9. The van der Waals surface area contributed by atoms with Crippen molar-refractivity contribution in [2.24, 2.45) is 0 Å². The van der Waals surface area contributed by atoms with Crippen molar-refractivity contribution in [2.75, 3.05) is 25.5 Å². The molecule has 0 atom stereocenters. The molecule has 2 aromatic rings. The quantitative estimate of drug-likeness (QED) is 0.849. The number of hydrogen-bond acceptors (Lipinski definition) is 5. The Hall–Kier alpha value is -2.45. The monoisotopic (exact) mass is 389 g/mol. The molecule has 27 heavy (non-hydrogen) atoms. The predicted octanol–water partition coefficient (Wildman–Crippen LogP) is 2.83. The van der Waals surface area contributed by atoms with E-state index in [9.17, 15) is 13.2 Å². The number of nitrogens with zero attached hydrogens (tertiary/aromatic N) is 2. The van der Waals surface area contributed by atoms with Gasteiger partial charge in [0.15, 0.2) is 0 Å². The fraction of sp³-hybridized carbons (Fsp3) is 0.368. The Morgan fingerprint density at radius 3 is 2.52 bits per heavy atom. The molecule has 0 spiro atoms. The van der Waals surface area contributed by atoms with Crippen LogP contribution >= 0.6 is 0 Å². The van der Waals surface area contributed by atoms with Crippen molar-refractivity contribution in [3.05, 3.63) is 47.8 Å². The Morgan fingerprint density at radius 2 is 1.89 bits per heavy atom. The highest BCUT2D eigenvalue weighted by Gasteiger charge is 2.27. The van der Waals surface area contributed by atoms with Crippen molar-refractivity contribution in [1.29, 1.82) is 0 Å². The highest BCUT2D eigenvalue weighted by Crippen LogP contribution is 2.30. The van der Waals surface area contributed by atoms with Crippen LogP contribution in [0.1, 0.15) is 35.3 Å². The standard InChI is InChI=1S/C19H23N3O4S/c1-14-6-7-15(13-20-14)19(23)21-17-12-16(8-9-18(17)26-2)27(24,25)22-10-4-3-5-11-22/h6-9,12-13H,3-5,10-11H2,1-2H3,(H,21,23). The van der Waals surface area contributed by atoms with Crippen LogP contribution in [0.2, 0.25) is 0 Å².